The fraction of sp³-hybridized carbons (Fsp3) is 0.353. The molecule has 0 saturated heterocycles. The van der Waals surface area contributed by atoms with Crippen LogP contribution in [0.2, 0.25) is 0 Å². The van der Waals surface area contributed by atoms with E-state index in [0.717, 1.165) is 5.56 Å². The standard InChI is InChI=1S/C17H19NO5S/c1-3-22-17(19)16-10-13-11-18(9-8-15(13)23-16)24(20,21)14-6-4-12(2)5-7-14/h4-7,10H,3,8-9,11H2,1-2H3. The summed E-state index contributed by atoms with van der Waals surface area (Å²) in [6.07, 6.45) is 0.430. The van der Waals surface area contributed by atoms with Crippen molar-refractivity contribution in [2.45, 2.75) is 31.7 Å². The predicted molar refractivity (Wildman–Crippen MR) is 87.1 cm³/mol. The molecule has 0 atom stereocenters. The van der Waals surface area contributed by atoms with Crippen molar-refractivity contribution < 1.29 is 22.4 Å². The minimum absolute atomic E-state index is 0.122. The third kappa shape index (κ3) is 3.09. The number of hydrogen-bond acceptors (Lipinski definition) is 5. The number of aryl methyl sites for hydroxylation is 1. The summed E-state index contributed by atoms with van der Waals surface area (Å²) < 4.78 is 37.3. The Morgan fingerprint density at radius 2 is 2.00 bits per heavy atom. The lowest BCUT2D eigenvalue weighted by Gasteiger charge is -2.25. The van der Waals surface area contributed by atoms with E-state index in [4.69, 9.17) is 9.15 Å². The highest BCUT2D eigenvalue weighted by Gasteiger charge is 2.31. The highest BCUT2D eigenvalue weighted by atomic mass is 32.2. The zero-order valence-electron chi connectivity index (χ0n) is 13.6. The van der Waals surface area contributed by atoms with Crippen LogP contribution in [0.3, 0.4) is 0 Å². The monoisotopic (exact) mass is 349 g/mol. The molecule has 0 N–H and O–H groups in total. The molecule has 0 fully saturated rings. The number of furan rings is 1. The van der Waals surface area contributed by atoms with Crippen molar-refractivity contribution in [3.05, 3.63) is 53.0 Å². The molecule has 0 spiro atoms. The number of benzene rings is 1. The fourth-order valence-corrected chi connectivity index (χ4v) is 4.09. The topological polar surface area (TPSA) is 76.8 Å². The number of sulfonamides is 1. The molecule has 2 heterocycles. The number of carbonyl (C=O) groups excluding carboxylic acids is 1. The highest BCUT2D eigenvalue weighted by Crippen LogP contribution is 2.27. The van der Waals surface area contributed by atoms with Crippen LogP contribution in [0.15, 0.2) is 39.6 Å². The Bertz CT molecular complexity index is 852. The van der Waals surface area contributed by atoms with Gasteiger partial charge in [-0.2, -0.15) is 4.31 Å². The lowest BCUT2D eigenvalue weighted by molar-refractivity contribution is 0.0488. The van der Waals surface area contributed by atoms with Gasteiger partial charge in [-0.15, -0.1) is 0 Å². The summed E-state index contributed by atoms with van der Waals surface area (Å²) in [5.74, 6) is 0.240. The van der Waals surface area contributed by atoms with Gasteiger partial charge >= 0.3 is 5.97 Å². The van der Waals surface area contributed by atoms with E-state index in [1.807, 2.05) is 6.92 Å². The molecule has 0 radical (unpaired) electrons. The molecule has 128 valence electrons. The van der Waals surface area contributed by atoms with Crippen molar-refractivity contribution in [3.8, 4) is 0 Å². The van der Waals surface area contributed by atoms with Crippen LogP contribution in [0.25, 0.3) is 0 Å². The van der Waals surface area contributed by atoms with Crippen LogP contribution in [0.1, 0.15) is 34.4 Å². The maximum atomic E-state index is 12.8. The first-order valence-electron chi connectivity index (χ1n) is 7.77. The SMILES string of the molecule is CCOC(=O)c1cc2c(o1)CCN(S(=O)(=O)c1ccc(C)cc1)C2. The average molecular weight is 349 g/mol. The van der Waals surface area contributed by atoms with E-state index in [9.17, 15) is 13.2 Å². The molecular weight excluding hydrogens is 330 g/mol. The normalized spacial score (nSPS) is 15.1. The van der Waals surface area contributed by atoms with Gasteiger partial charge in [0, 0.05) is 25.1 Å². The molecule has 3 rings (SSSR count). The summed E-state index contributed by atoms with van der Waals surface area (Å²) in [7, 11) is -3.57. The summed E-state index contributed by atoms with van der Waals surface area (Å²) in [5, 5.41) is 0. The molecule has 2 aromatic rings. The van der Waals surface area contributed by atoms with Gasteiger partial charge in [0.2, 0.25) is 15.8 Å². The molecule has 1 aromatic carbocycles. The van der Waals surface area contributed by atoms with Gasteiger partial charge in [0.25, 0.3) is 0 Å². The minimum atomic E-state index is -3.57. The van der Waals surface area contributed by atoms with E-state index < -0.39 is 16.0 Å². The van der Waals surface area contributed by atoms with Crippen LogP contribution < -0.4 is 0 Å². The zero-order chi connectivity index (χ0) is 17.3. The molecular formula is C17H19NO5S. The van der Waals surface area contributed by atoms with E-state index in [0.29, 0.717) is 24.3 Å². The van der Waals surface area contributed by atoms with Crippen LogP contribution in [0.4, 0.5) is 0 Å². The second kappa shape index (κ2) is 6.41. The van der Waals surface area contributed by atoms with E-state index in [1.54, 1.807) is 37.3 Å². The number of hydrogen-bond donors (Lipinski definition) is 0. The second-order valence-corrected chi connectivity index (χ2v) is 7.62. The molecule has 1 aliphatic heterocycles. The molecule has 1 aromatic heterocycles. The Hall–Kier alpha value is -2.12. The number of ether oxygens (including phenoxy) is 1. The maximum absolute atomic E-state index is 12.8. The van der Waals surface area contributed by atoms with Gasteiger partial charge < -0.3 is 9.15 Å². The molecule has 24 heavy (non-hydrogen) atoms. The van der Waals surface area contributed by atoms with Crippen molar-refractivity contribution >= 4 is 16.0 Å². The number of carbonyl (C=O) groups is 1. The van der Waals surface area contributed by atoms with Crippen molar-refractivity contribution in [1.29, 1.82) is 0 Å². The van der Waals surface area contributed by atoms with Gasteiger partial charge in [0.05, 0.1) is 11.5 Å². The molecule has 6 nitrogen and oxygen atoms in total. The number of rotatable bonds is 4. The second-order valence-electron chi connectivity index (χ2n) is 5.68. The van der Waals surface area contributed by atoms with Crippen LogP contribution in [0.5, 0.6) is 0 Å². The van der Waals surface area contributed by atoms with Crippen molar-refractivity contribution in [2.75, 3.05) is 13.2 Å². The van der Waals surface area contributed by atoms with Crippen LogP contribution in [-0.4, -0.2) is 31.8 Å². The molecule has 0 unspecified atom stereocenters. The van der Waals surface area contributed by atoms with Crippen molar-refractivity contribution in [3.63, 3.8) is 0 Å². The minimum Gasteiger partial charge on any atom is -0.460 e. The quantitative estimate of drug-likeness (QED) is 0.793. The first kappa shape index (κ1) is 16.7. The highest BCUT2D eigenvalue weighted by molar-refractivity contribution is 7.89. The smallest absolute Gasteiger partial charge is 0.374 e. The van der Waals surface area contributed by atoms with Gasteiger partial charge in [0.1, 0.15) is 5.76 Å². The third-order valence-electron chi connectivity index (χ3n) is 3.97. The number of esters is 1. The van der Waals surface area contributed by atoms with Crippen LogP contribution in [-0.2, 0) is 27.7 Å². The van der Waals surface area contributed by atoms with Gasteiger partial charge in [-0.3, -0.25) is 0 Å². The average Bonchev–Trinajstić information content (AvgIpc) is 2.98. The number of nitrogens with zero attached hydrogens (tertiary/aromatic N) is 1. The lowest BCUT2D eigenvalue weighted by atomic mass is 10.1. The molecule has 0 saturated carbocycles. The first-order chi connectivity index (χ1) is 11.4. The lowest BCUT2D eigenvalue weighted by Crippen LogP contribution is -2.35. The Morgan fingerprint density at radius 3 is 2.67 bits per heavy atom. The summed E-state index contributed by atoms with van der Waals surface area (Å²) in [5.41, 5.74) is 1.71. The molecule has 1 aliphatic rings. The van der Waals surface area contributed by atoms with E-state index in [-0.39, 0.29) is 23.8 Å². The van der Waals surface area contributed by atoms with Crippen molar-refractivity contribution in [1.82, 2.24) is 4.31 Å². The van der Waals surface area contributed by atoms with E-state index >= 15 is 0 Å². The maximum Gasteiger partial charge on any atom is 0.374 e. The third-order valence-corrected chi connectivity index (χ3v) is 5.83. The van der Waals surface area contributed by atoms with Gasteiger partial charge in [-0.25, -0.2) is 13.2 Å². The first-order valence-corrected chi connectivity index (χ1v) is 9.21. The molecule has 0 aliphatic carbocycles. The van der Waals surface area contributed by atoms with Gasteiger partial charge in [-0.1, -0.05) is 17.7 Å². The summed E-state index contributed by atoms with van der Waals surface area (Å²) in [4.78, 5) is 12.0. The predicted octanol–water partition coefficient (Wildman–Crippen LogP) is 2.51. The molecule has 7 heteroatoms. The summed E-state index contributed by atoms with van der Waals surface area (Å²) in [6.45, 7) is 4.40. The summed E-state index contributed by atoms with van der Waals surface area (Å²) in [6, 6.07) is 8.35. The molecule has 0 bridgehead atoms. The van der Waals surface area contributed by atoms with Crippen molar-refractivity contribution in [2.24, 2.45) is 0 Å². The molecule has 0 amide bonds. The Morgan fingerprint density at radius 1 is 1.29 bits per heavy atom. The summed E-state index contributed by atoms with van der Waals surface area (Å²) >= 11 is 0. The van der Waals surface area contributed by atoms with Crippen LogP contribution in [0, 0.1) is 6.92 Å². The van der Waals surface area contributed by atoms with E-state index in [2.05, 4.69) is 0 Å². The Labute approximate surface area is 141 Å². The Balaban J connectivity index is 1.84. The van der Waals surface area contributed by atoms with Gasteiger partial charge in [-0.05, 0) is 32.0 Å². The zero-order valence-corrected chi connectivity index (χ0v) is 14.4. The number of fused-ring (bicyclic) bond motifs is 1. The fourth-order valence-electron chi connectivity index (χ4n) is 2.67. The Kier molecular flexibility index (Phi) is 4.47. The largest absolute Gasteiger partial charge is 0.460 e. The van der Waals surface area contributed by atoms with Gasteiger partial charge in [0.15, 0.2) is 0 Å². The van der Waals surface area contributed by atoms with E-state index in [1.165, 1.54) is 4.31 Å². The van der Waals surface area contributed by atoms with Crippen LogP contribution >= 0.6 is 0 Å².